The van der Waals surface area contributed by atoms with Crippen molar-refractivity contribution >= 4 is 29.9 Å². The number of hydrogen-bond donors (Lipinski definition) is 2. The summed E-state index contributed by atoms with van der Waals surface area (Å²) in [5, 5.41) is 6.36. The van der Waals surface area contributed by atoms with Gasteiger partial charge in [-0.2, -0.15) is 13.2 Å². The summed E-state index contributed by atoms with van der Waals surface area (Å²) in [5.41, 5.74) is 0.154. The maximum Gasteiger partial charge on any atom is 0.416 e. The number of nitrogens with one attached hydrogen (secondary N) is 2. The summed E-state index contributed by atoms with van der Waals surface area (Å²) in [5.74, 6) is 0.668. The molecule has 26 heavy (non-hydrogen) atoms. The predicted molar refractivity (Wildman–Crippen MR) is 110 cm³/mol. The highest BCUT2D eigenvalue weighted by molar-refractivity contribution is 14.0. The van der Waals surface area contributed by atoms with Crippen LogP contribution in [0.2, 0.25) is 0 Å². The summed E-state index contributed by atoms with van der Waals surface area (Å²) in [4.78, 5) is 6.64. The van der Waals surface area contributed by atoms with Gasteiger partial charge in [0.1, 0.15) is 0 Å². The number of hydrogen-bond acceptors (Lipinski definition) is 2. The first-order valence-corrected chi connectivity index (χ1v) is 8.82. The van der Waals surface area contributed by atoms with Gasteiger partial charge in [0.05, 0.1) is 5.56 Å². The standard InChI is InChI=1S/C18H27F3N4.HI/c1-22-17(23-10-2-3-11-25-12-4-5-13-25)24-14-15-6-8-16(9-7-15)18(19,20)21;/h6-9H,2-5,10-14H2,1H3,(H2,22,23,24);1H. The summed E-state index contributed by atoms with van der Waals surface area (Å²) >= 11 is 0. The van der Waals surface area contributed by atoms with Crippen LogP contribution in [0, 0.1) is 0 Å². The van der Waals surface area contributed by atoms with Crippen LogP contribution in [0.1, 0.15) is 36.8 Å². The number of halogens is 4. The normalized spacial score (nSPS) is 15.6. The van der Waals surface area contributed by atoms with Crippen LogP contribution in [-0.4, -0.2) is 44.1 Å². The molecular weight excluding hydrogens is 456 g/mol. The van der Waals surface area contributed by atoms with Crippen molar-refractivity contribution in [3.05, 3.63) is 35.4 Å². The van der Waals surface area contributed by atoms with Crippen LogP contribution in [0.15, 0.2) is 29.3 Å². The van der Waals surface area contributed by atoms with E-state index in [0.717, 1.165) is 43.6 Å². The fourth-order valence-electron chi connectivity index (χ4n) is 2.89. The van der Waals surface area contributed by atoms with E-state index in [4.69, 9.17) is 0 Å². The lowest BCUT2D eigenvalue weighted by Crippen LogP contribution is -2.37. The molecule has 1 heterocycles. The van der Waals surface area contributed by atoms with E-state index >= 15 is 0 Å². The van der Waals surface area contributed by atoms with Gasteiger partial charge in [-0.15, -0.1) is 24.0 Å². The molecule has 1 fully saturated rings. The minimum absolute atomic E-state index is 0. The second kappa shape index (κ2) is 11.6. The van der Waals surface area contributed by atoms with Crippen LogP contribution in [0.3, 0.4) is 0 Å². The Labute approximate surface area is 170 Å². The van der Waals surface area contributed by atoms with Crippen molar-refractivity contribution in [2.45, 2.75) is 38.4 Å². The maximum absolute atomic E-state index is 12.5. The number of nitrogens with zero attached hydrogens (tertiary/aromatic N) is 2. The van der Waals surface area contributed by atoms with Gasteiger partial charge in [-0.1, -0.05) is 12.1 Å². The van der Waals surface area contributed by atoms with Crippen LogP contribution >= 0.6 is 24.0 Å². The van der Waals surface area contributed by atoms with E-state index in [9.17, 15) is 13.2 Å². The van der Waals surface area contributed by atoms with Crippen molar-refractivity contribution < 1.29 is 13.2 Å². The van der Waals surface area contributed by atoms with Crippen molar-refractivity contribution in [2.24, 2.45) is 4.99 Å². The lowest BCUT2D eigenvalue weighted by molar-refractivity contribution is -0.137. The Balaban J connectivity index is 0.00000338. The molecule has 1 saturated heterocycles. The van der Waals surface area contributed by atoms with E-state index in [0.29, 0.717) is 12.5 Å². The molecule has 1 aliphatic rings. The molecule has 0 spiro atoms. The third-order valence-electron chi connectivity index (χ3n) is 4.36. The first-order chi connectivity index (χ1) is 12.0. The molecule has 0 bridgehead atoms. The Morgan fingerprint density at radius 1 is 1.08 bits per heavy atom. The molecule has 0 amide bonds. The topological polar surface area (TPSA) is 39.7 Å². The molecule has 0 aliphatic carbocycles. The van der Waals surface area contributed by atoms with E-state index in [-0.39, 0.29) is 24.0 Å². The molecule has 8 heteroatoms. The number of likely N-dealkylation sites (tertiary alicyclic amines) is 1. The third kappa shape index (κ3) is 8.11. The van der Waals surface area contributed by atoms with Crippen LogP contribution in [-0.2, 0) is 12.7 Å². The smallest absolute Gasteiger partial charge is 0.356 e. The lowest BCUT2D eigenvalue weighted by Gasteiger charge is -2.15. The van der Waals surface area contributed by atoms with Crippen molar-refractivity contribution in [1.29, 1.82) is 0 Å². The van der Waals surface area contributed by atoms with Gasteiger partial charge in [-0.3, -0.25) is 4.99 Å². The molecule has 0 saturated carbocycles. The maximum atomic E-state index is 12.5. The van der Waals surface area contributed by atoms with Gasteiger partial charge >= 0.3 is 6.18 Å². The largest absolute Gasteiger partial charge is 0.416 e. The van der Waals surface area contributed by atoms with Gasteiger partial charge < -0.3 is 15.5 Å². The fraction of sp³-hybridized carbons (Fsp3) is 0.611. The Morgan fingerprint density at radius 2 is 1.73 bits per heavy atom. The van der Waals surface area contributed by atoms with Gasteiger partial charge in [0.2, 0.25) is 0 Å². The Kier molecular flexibility index (Phi) is 10.3. The average Bonchev–Trinajstić information content (AvgIpc) is 3.10. The highest BCUT2D eigenvalue weighted by Crippen LogP contribution is 2.29. The molecule has 4 nitrogen and oxygen atoms in total. The van der Waals surface area contributed by atoms with E-state index in [1.165, 1.54) is 38.1 Å². The first-order valence-electron chi connectivity index (χ1n) is 8.82. The number of rotatable bonds is 7. The molecule has 0 aromatic heterocycles. The lowest BCUT2D eigenvalue weighted by atomic mass is 10.1. The molecule has 2 rings (SSSR count). The monoisotopic (exact) mass is 484 g/mol. The number of benzene rings is 1. The number of aliphatic imine (C=N–C) groups is 1. The second-order valence-corrected chi connectivity index (χ2v) is 6.30. The van der Waals surface area contributed by atoms with Gasteiger partial charge in [0, 0.05) is 20.1 Å². The van der Waals surface area contributed by atoms with E-state index in [1.807, 2.05) is 0 Å². The van der Waals surface area contributed by atoms with Crippen LogP contribution in [0.5, 0.6) is 0 Å². The quantitative estimate of drug-likeness (QED) is 0.267. The number of alkyl halides is 3. The van der Waals surface area contributed by atoms with Gasteiger partial charge in [0.25, 0.3) is 0 Å². The zero-order chi connectivity index (χ0) is 18.1. The zero-order valence-corrected chi connectivity index (χ0v) is 17.4. The Bertz CT molecular complexity index is 540. The molecule has 1 aliphatic heterocycles. The number of guanidine groups is 1. The Hall–Kier alpha value is -1.03. The van der Waals surface area contributed by atoms with Crippen molar-refractivity contribution in [3.63, 3.8) is 0 Å². The number of unbranched alkanes of at least 4 members (excludes halogenated alkanes) is 1. The van der Waals surface area contributed by atoms with E-state index in [2.05, 4.69) is 20.5 Å². The fourth-order valence-corrected chi connectivity index (χ4v) is 2.89. The molecule has 1 aromatic rings. The summed E-state index contributed by atoms with van der Waals surface area (Å²) < 4.78 is 37.6. The van der Waals surface area contributed by atoms with Gasteiger partial charge in [-0.05, 0) is 63.0 Å². The average molecular weight is 484 g/mol. The van der Waals surface area contributed by atoms with Crippen LogP contribution in [0.25, 0.3) is 0 Å². The minimum atomic E-state index is -4.29. The molecule has 2 N–H and O–H groups in total. The van der Waals surface area contributed by atoms with Gasteiger partial charge in [-0.25, -0.2) is 0 Å². The van der Waals surface area contributed by atoms with E-state index in [1.54, 1.807) is 7.05 Å². The SMILES string of the molecule is CN=C(NCCCCN1CCCC1)NCc1ccc(C(F)(F)F)cc1.I. The molecule has 0 unspecified atom stereocenters. The molecule has 148 valence electrons. The van der Waals surface area contributed by atoms with Crippen LogP contribution in [0.4, 0.5) is 13.2 Å². The first kappa shape index (κ1) is 23.0. The third-order valence-corrected chi connectivity index (χ3v) is 4.36. The summed E-state index contributed by atoms with van der Waals surface area (Å²) in [7, 11) is 1.69. The highest BCUT2D eigenvalue weighted by Gasteiger charge is 2.29. The van der Waals surface area contributed by atoms with Gasteiger partial charge in [0.15, 0.2) is 5.96 Å². The predicted octanol–water partition coefficient (Wildman–Crippen LogP) is 3.86. The Morgan fingerprint density at radius 3 is 2.31 bits per heavy atom. The second-order valence-electron chi connectivity index (χ2n) is 6.30. The molecule has 1 aromatic carbocycles. The minimum Gasteiger partial charge on any atom is -0.356 e. The summed E-state index contributed by atoms with van der Waals surface area (Å²) in [6.07, 6.45) is 0.566. The van der Waals surface area contributed by atoms with Crippen molar-refractivity contribution in [2.75, 3.05) is 33.2 Å². The summed E-state index contributed by atoms with van der Waals surface area (Å²) in [6, 6.07) is 5.18. The molecular formula is C18H28F3IN4. The summed E-state index contributed by atoms with van der Waals surface area (Å²) in [6.45, 7) is 4.87. The molecule has 0 radical (unpaired) electrons. The zero-order valence-electron chi connectivity index (χ0n) is 15.1. The van der Waals surface area contributed by atoms with Crippen molar-refractivity contribution in [1.82, 2.24) is 15.5 Å². The highest BCUT2D eigenvalue weighted by atomic mass is 127. The van der Waals surface area contributed by atoms with E-state index < -0.39 is 11.7 Å². The van der Waals surface area contributed by atoms with Crippen molar-refractivity contribution in [3.8, 4) is 0 Å². The molecule has 0 atom stereocenters. The van der Waals surface area contributed by atoms with Crippen LogP contribution < -0.4 is 10.6 Å².